The van der Waals surface area contributed by atoms with Gasteiger partial charge < -0.3 is 51.6 Å². The molecule has 3 saturated heterocycles. The number of aliphatic hydroxyl groups is 2. The molecule has 9 rings (SSSR count). The van der Waals surface area contributed by atoms with Crippen molar-refractivity contribution in [2.45, 2.75) is 134 Å². The van der Waals surface area contributed by atoms with Crippen molar-refractivity contribution in [1.29, 1.82) is 0 Å². The number of nitrogens with zero attached hydrogens (tertiary/aromatic N) is 9. The van der Waals surface area contributed by atoms with Crippen LogP contribution in [0.25, 0.3) is 32.9 Å². The summed E-state index contributed by atoms with van der Waals surface area (Å²) < 4.78 is 59.6. The summed E-state index contributed by atoms with van der Waals surface area (Å²) in [5.41, 5.74) is 17.3. The fraction of sp³-hybridized carbons (Fsp3) is 0.482. The van der Waals surface area contributed by atoms with E-state index >= 15 is 8.78 Å². The van der Waals surface area contributed by atoms with Crippen LogP contribution in [0.3, 0.4) is 0 Å². The minimum absolute atomic E-state index is 0.0317. The van der Waals surface area contributed by atoms with Crippen LogP contribution in [0, 0.1) is 12.3 Å². The molecule has 0 radical (unpaired) electrons. The number of benzene rings is 2. The van der Waals surface area contributed by atoms with Gasteiger partial charge in [-0.25, -0.2) is 37.5 Å². The standard InChI is InChI=1S/C56H67F4N13O6S/c1-31-46(80-30-68-31)34-8-6-32(7-9-34)23-64-53(78)41-22-37(74)26-73(41)54(79)47(55(2,3)4)69-43(75)12-13-44(76)70-18-14-33(15-19-70)35-10-11-38(39(20-35)49(57)58)40-21-36(25-72-29-67-45-51(61)65-28-66-52(45)72)42(24-63-40)71-17-5-16-56(62,27-71)48(77)50(59)60/h6-11,20-21,24,28-30,33,37,41,47-50,74,77H,5,12-19,22-23,25-27,62H2,1-4H3,(H,64,78)(H,69,75)(H2,61,65,66)/t37-,41+,47-,48-,56-/m1/s1. The number of carbonyl (C=O) groups excluding carboxylic acids is 4. The number of piperidine rings is 2. The Hall–Kier alpha value is -7.15. The second kappa shape index (κ2) is 23.9. The van der Waals surface area contributed by atoms with Gasteiger partial charge in [0.25, 0.3) is 12.9 Å². The number of hydrogen-bond acceptors (Lipinski definition) is 15. The molecule has 8 N–H and O–H groups in total. The maximum Gasteiger partial charge on any atom is 0.265 e. The van der Waals surface area contributed by atoms with Crippen LogP contribution in [0.4, 0.5) is 29.1 Å². The number of halogens is 4. The lowest BCUT2D eigenvalue weighted by Gasteiger charge is -2.44. The molecule has 24 heteroatoms. The number of nitrogens with one attached hydrogen (secondary N) is 2. The number of anilines is 2. The van der Waals surface area contributed by atoms with Gasteiger partial charge in [0.2, 0.25) is 23.6 Å². The van der Waals surface area contributed by atoms with Gasteiger partial charge in [-0.3, -0.25) is 24.2 Å². The van der Waals surface area contributed by atoms with Crippen molar-refractivity contribution in [3.63, 3.8) is 0 Å². The molecule has 0 aliphatic carbocycles. The predicted octanol–water partition coefficient (Wildman–Crippen LogP) is 6.11. The molecule has 3 aliphatic rings. The van der Waals surface area contributed by atoms with Gasteiger partial charge in [0.05, 0.1) is 58.2 Å². The lowest BCUT2D eigenvalue weighted by atomic mass is 9.84. The second-order valence-electron chi connectivity index (χ2n) is 22.3. The number of pyridine rings is 1. The first-order chi connectivity index (χ1) is 38.1. The van der Waals surface area contributed by atoms with E-state index in [4.69, 9.17) is 11.5 Å². The fourth-order valence-electron chi connectivity index (χ4n) is 11.2. The van der Waals surface area contributed by atoms with Crippen molar-refractivity contribution in [1.82, 2.24) is 49.9 Å². The van der Waals surface area contributed by atoms with Gasteiger partial charge in [-0.1, -0.05) is 57.2 Å². The van der Waals surface area contributed by atoms with E-state index < -0.39 is 65.8 Å². The number of fused-ring (bicyclic) bond motifs is 1. The SMILES string of the molecule is Cc1ncsc1-c1ccc(CNC(=O)[C@@H]2C[C@@H](O)CN2C(=O)[C@@H](NC(=O)CCC(=O)N2CCC(c3ccc(-c4cc(Cn5cnc6c(N)ncnc65)c(N5CCC[C@](N)([C@H](O)C(F)F)C5)cn4)c(C(F)F)c3)CC2)C(C)(C)C)cc1. The second-order valence-corrected chi connectivity index (χ2v) is 23.1. The Morgan fingerprint density at radius 2 is 1.70 bits per heavy atom. The predicted molar refractivity (Wildman–Crippen MR) is 293 cm³/mol. The number of rotatable bonds is 17. The van der Waals surface area contributed by atoms with Gasteiger partial charge in [0.1, 0.15) is 30.0 Å². The summed E-state index contributed by atoms with van der Waals surface area (Å²) in [6.45, 7) is 8.43. The highest BCUT2D eigenvalue weighted by molar-refractivity contribution is 7.13. The van der Waals surface area contributed by atoms with Crippen molar-refractivity contribution < 1.29 is 47.0 Å². The highest BCUT2D eigenvalue weighted by Gasteiger charge is 2.45. The van der Waals surface area contributed by atoms with E-state index in [1.807, 2.05) is 31.2 Å². The first-order valence-corrected chi connectivity index (χ1v) is 27.6. The molecule has 19 nitrogen and oxygen atoms in total. The van der Waals surface area contributed by atoms with Gasteiger partial charge in [-0.15, -0.1) is 11.3 Å². The third-order valence-corrected chi connectivity index (χ3v) is 16.6. The Morgan fingerprint density at radius 3 is 2.39 bits per heavy atom. The molecule has 5 atom stereocenters. The zero-order chi connectivity index (χ0) is 57.2. The number of carbonyl (C=O) groups is 4. The number of amides is 4. The first-order valence-electron chi connectivity index (χ1n) is 26.7. The van der Waals surface area contributed by atoms with Gasteiger partial charge in [0.15, 0.2) is 11.5 Å². The largest absolute Gasteiger partial charge is 0.391 e. The molecule has 0 spiro atoms. The summed E-state index contributed by atoms with van der Waals surface area (Å²) in [6, 6.07) is 12.2. The van der Waals surface area contributed by atoms with E-state index in [1.165, 1.54) is 29.8 Å². The Morgan fingerprint density at radius 1 is 0.950 bits per heavy atom. The average Bonchev–Trinajstić information content (AvgIpc) is 4.23. The number of aryl methyl sites for hydroxylation is 1. The number of nitrogens with two attached hydrogens (primary N) is 2. The van der Waals surface area contributed by atoms with E-state index in [0.717, 1.165) is 21.7 Å². The number of thiazole rings is 1. The minimum atomic E-state index is -3.06. The first kappa shape index (κ1) is 57.5. The number of nitrogen functional groups attached to an aromatic ring is 1. The van der Waals surface area contributed by atoms with Gasteiger partial charge in [0, 0.05) is 69.7 Å². The van der Waals surface area contributed by atoms with Crippen LogP contribution in [-0.4, -0.2) is 142 Å². The monoisotopic (exact) mass is 1130 g/mol. The molecule has 4 amide bonds. The number of imidazole rings is 1. The summed E-state index contributed by atoms with van der Waals surface area (Å²) >= 11 is 1.54. The number of alkyl halides is 4. The number of aliphatic hydroxyl groups excluding tert-OH is 2. The zero-order valence-electron chi connectivity index (χ0n) is 45.0. The number of hydrogen-bond donors (Lipinski definition) is 6. The molecule has 3 fully saturated rings. The van der Waals surface area contributed by atoms with Crippen LogP contribution in [0.5, 0.6) is 0 Å². The van der Waals surface area contributed by atoms with Crippen molar-refractivity contribution in [3.8, 4) is 21.7 Å². The summed E-state index contributed by atoms with van der Waals surface area (Å²) in [5, 5.41) is 26.8. The maximum absolute atomic E-state index is 15.1. The number of β-amino-alcohol motifs (C(OH)–C–C–N with tert-alkyl or cyclic N) is 1. The van der Waals surface area contributed by atoms with E-state index in [9.17, 15) is 38.2 Å². The van der Waals surface area contributed by atoms with Crippen LogP contribution in [-0.2, 0) is 32.3 Å². The van der Waals surface area contributed by atoms with Crippen LogP contribution >= 0.6 is 11.3 Å². The summed E-state index contributed by atoms with van der Waals surface area (Å²) in [5.74, 6) is -1.76. The molecule has 3 aliphatic heterocycles. The molecular formula is C56H67F4N13O6S. The van der Waals surface area contributed by atoms with E-state index in [2.05, 4.69) is 35.6 Å². The third kappa shape index (κ3) is 12.6. The lowest BCUT2D eigenvalue weighted by molar-refractivity contribution is -0.144. The van der Waals surface area contributed by atoms with Crippen LogP contribution in [0.1, 0.15) is 106 Å². The van der Waals surface area contributed by atoms with E-state index in [1.54, 1.807) is 70.2 Å². The maximum atomic E-state index is 15.1. The quantitative estimate of drug-likeness (QED) is 0.0564. The molecule has 6 aromatic rings. The average molecular weight is 1130 g/mol. The normalized spacial score (nSPS) is 19.9. The fourth-order valence-corrected chi connectivity index (χ4v) is 12.0. The van der Waals surface area contributed by atoms with Crippen LogP contribution in [0.2, 0.25) is 0 Å². The Labute approximate surface area is 464 Å². The molecule has 0 unspecified atom stereocenters. The van der Waals surface area contributed by atoms with Gasteiger partial charge in [-0.2, -0.15) is 0 Å². The summed E-state index contributed by atoms with van der Waals surface area (Å²) in [6.07, 6.45) is -3.50. The molecule has 426 valence electrons. The molecule has 7 heterocycles. The topological polar surface area (TPSA) is 264 Å². The van der Waals surface area contributed by atoms with Crippen molar-refractivity contribution in [2.24, 2.45) is 11.1 Å². The smallest absolute Gasteiger partial charge is 0.265 e. The minimum Gasteiger partial charge on any atom is -0.391 e. The van der Waals surface area contributed by atoms with Crippen molar-refractivity contribution >= 4 is 57.6 Å². The van der Waals surface area contributed by atoms with E-state index in [-0.39, 0.29) is 86.3 Å². The zero-order valence-corrected chi connectivity index (χ0v) is 45.8. The third-order valence-electron chi connectivity index (χ3n) is 15.6. The Bertz CT molecular complexity index is 3220. The summed E-state index contributed by atoms with van der Waals surface area (Å²) in [4.78, 5) is 82.3. The highest BCUT2D eigenvalue weighted by Crippen LogP contribution is 2.39. The van der Waals surface area contributed by atoms with Gasteiger partial charge in [-0.05, 0) is 78.3 Å². The number of likely N-dealkylation sites (tertiary alicyclic amines) is 2. The lowest BCUT2D eigenvalue weighted by Crippen LogP contribution is -2.63. The molecule has 2 aromatic carbocycles. The molecule has 4 aromatic heterocycles. The van der Waals surface area contributed by atoms with Crippen LogP contribution < -0.4 is 27.0 Å². The Kier molecular flexibility index (Phi) is 17.2. The van der Waals surface area contributed by atoms with Crippen molar-refractivity contribution in [2.75, 3.05) is 43.4 Å². The summed E-state index contributed by atoms with van der Waals surface area (Å²) in [7, 11) is 0. The molecule has 80 heavy (non-hydrogen) atoms. The van der Waals surface area contributed by atoms with Crippen molar-refractivity contribution in [3.05, 3.63) is 101 Å². The molecule has 0 saturated carbocycles. The van der Waals surface area contributed by atoms with Crippen LogP contribution in [0.15, 0.2) is 72.9 Å². The Balaban J connectivity index is 0.820. The highest BCUT2D eigenvalue weighted by atomic mass is 32.1. The van der Waals surface area contributed by atoms with Gasteiger partial charge >= 0.3 is 0 Å². The molecular weight excluding hydrogens is 1060 g/mol. The van der Waals surface area contributed by atoms with E-state index in [0.29, 0.717) is 66.9 Å². The molecule has 0 bridgehead atoms. The number of aromatic nitrogens is 6.